The van der Waals surface area contributed by atoms with Crippen LogP contribution in [0.5, 0.6) is 5.75 Å². The Bertz CT molecular complexity index is 790. The van der Waals surface area contributed by atoms with Gasteiger partial charge in [0.15, 0.2) is 0 Å². The van der Waals surface area contributed by atoms with Gasteiger partial charge in [0.2, 0.25) is 6.43 Å². The number of rotatable bonds is 9. The molecule has 5 heteroatoms. The third-order valence-corrected chi connectivity index (χ3v) is 4.90. The van der Waals surface area contributed by atoms with Gasteiger partial charge in [0, 0.05) is 38.3 Å². The summed E-state index contributed by atoms with van der Waals surface area (Å²) in [6.45, 7) is 9.46. The van der Waals surface area contributed by atoms with Crippen molar-refractivity contribution in [2.24, 2.45) is 0 Å². The lowest BCUT2D eigenvalue weighted by molar-refractivity contribution is 0.114. The van der Waals surface area contributed by atoms with Gasteiger partial charge in [-0.3, -0.25) is 4.90 Å². The zero-order valence-electron chi connectivity index (χ0n) is 16.4. The molecule has 1 aliphatic rings. The average molecular weight is 386 g/mol. The van der Waals surface area contributed by atoms with E-state index in [0.717, 1.165) is 38.3 Å². The maximum Gasteiger partial charge on any atom is 0.241 e. The first kappa shape index (κ1) is 20.3. The van der Waals surface area contributed by atoms with E-state index in [2.05, 4.69) is 47.1 Å². The lowest BCUT2D eigenvalue weighted by atomic mass is 9.99. The summed E-state index contributed by atoms with van der Waals surface area (Å²) in [7, 11) is 0. The molecule has 0 aliphatic carbocycles. The van der Waals surface area contributed by atoms with Crippen molar-refractivity contribution in [3.8, 4) is 5.75 Å². The van der Waals surface area contributed by atoms with E-state index >= 15 is 0 Å². The van der Waals surface area contributed by atoms with Crippen LogP contribution in [0.1, 0.15) is 35.6 Å². The Morgan fingerprint density at radius 3 is 2.61 bits per heavy atom. The lowest BCUT2D eigenvalue weighted by Crippen LogP contribution is -2.30. The summed E-state index contributed by atoms with van der Waals surface area (Å²) >= 11 is 0. The zero-order chi connectivity index (χ0) is 19.9. The van der Waals surface area contributed by atoms with E-state index < -0.39 is 6.43 Å². The molecule has 150 valence electrons. The first-order valence-corrected chi connectivity index (χ1v) is 9.72. The first-order chi connectivity index (χ1) is 13.5. The number of nitrogens with one attached hydrogen (secondary N) is 1. The highest BCUT2D eigenvalue weighted by molar-refractivity contribution is 5.37. The third-order valence-electron chi connectivity index (χ3n) is 4.90. The molecular weight excluding hydrogens is 358 g/mol. The van der Waals surface area contributed by atoms with Crippen molar-refractivity contribution in [3.05, 3.63) is 77.0 Å². The Labute approximate surface area is 166 Å². The van der Waals surface area contributed by atoms with Gasteiger partial charge in [0.1, 0.15) is 5.75 Å². The van der Waals surface area contributed by atoms with Gasteiger partial charge in [-0.15, -0.1) is 0 Å². The number of allylic oxidation sites excluding steroid dienone is 1. The number of halogens is 2. The Morgan fingerprint density at radius 1 is 1.14 bits per heavy atom. The standard InChI is InChI=1S/C23H28F2N2O/c1-17(2)26-14-18-3-5-19(6-4-18)15-27-11-9-20-13-22(8-7-21(20)16-27)28-12-10-23(24)25/h3-8,13,23,26H,1,9-12,14-16H2,2H3. The topological polar surface area (TPSA) is 24.5 Å². The van der Waals surface area contributed by atoms with Crippen LogP contribution in [0.25, 0.3) is 0 Å². The molecule has 1 aliphatic heterocycles. The van der Waals surface area contributed by atoms with Crippen LogP contribution in [0.15, 0.2) is 54.7 Å². The summed E-state index contributed by atoms with van der Waals surface area (Å²) in [5.74, 6) is 0.687. The molecule has 1 N–H and O–H groups in total. The van der Waals surface area contributed by atoms with Gasteiger partial charge in [0.25, 0.3) is 0 Å². The minimum Gasteiger partial charge on any atom is -0.493 e. The van der Waals surface area contributed by atoms with Crippen LogP contribution < -0.4 is 10.1 Å². The maximum atomic E-state index is 12.2. The fraction of sp³-hybridized carbons (Fsp3) is 0.391. The average Bonchev–Trinajstić information content (AvgIpc) is 2.67. The molecule has 0 atom stereocenters. The Balaban J connectivity index is 1.53. The highest BCUT2D eigenvalue weighted by atomic mass is 19.3. The Kier molecular flexibility index (Phi) is 7.04. The van der Waals surface area contributed by atoms with Gasteiger partial charge < -0.3 is 10.1 Å². The second kappa shape index (κ2) is 9.69. The van der Waals surface area contributed by atoms with Crippen molar-refractivity contribution in [2.75, 3.05) is 13.2 Å². The van der Waals surface area contributed by atoms with E-state index in [4.69, 9.17) is 4.74 Å². The summed E-state index contributed by atoms with van der Waals surface area (Å²) in [6.07, 6.45) is -1.60. The zero-order valence-corrected chi connectivity index (χ0v) is 16.4. The number of ether oxygens (including phenoxy) is 1. The monoisotopic (exact) mass is 386 g/mol. The van der Waals surface area contributed by atoms with E-state index in [1.165, 1.54) is 22.3 Å². The van der Waals surface area contributed by atoms with E-state index in [0.29, 0.717) is 5.75 Å². The SMILES string of the molecule is C=C(C)NCc1ccc(CN2CCc3cc(OCCC(F)F)ccc3C2)cc1. The lowest BCUT2D eigenvalue weighted by Gasteiger charge is -2.29. The fourth-order valence-electron chi connectivity index (χ4n) is 3.35. The summed E-state index contributed by atoms with van der Waals surface area (Å²) in [4.78, 5) is 2.43. The van der Waals surface area contributed by atoms with Crippen LogP contribution >= 0.6 is 0 Å². The molecule has 2 aromatic carbocycles. The van der Waals surface area contributed by atoms with E-state index in [-0.39, 0.29) is 13.0 Å². The second-order valence-corrected chi connectivity index (χ2v) is 7.37. The van der Waals surface area contributed by atoms with Gasteiger partial charge >= 0.3 is 0 Å². The number of alkyl halides is 2. The van der Waals surface area contributed by atoms with Gasteiger partial charge in [-0.1, -0.05) is 36.9 Å². The van der Waals surface area contributed by atoms with Crippen molar-refractivity contribution < 1.29 is 13.5 Å². The number of nitrogens with zero attached hydrogens (tertiary/aromatic N) is 1. The molecule has 0 spiro atoms. The molecule has 0 saturated heterocycles. The Hall–Kier alpha value is -2.40. The molecule has 0 saturated carbocycles. The molecule has 0 radical (unpaired) electrons. The minimum atomic E-state index is -2.32. The third kappa shape index (κ3) is 6.06. The van der Waals surface area contributed by atoms with Gasteiger partial charge in [-0.2, -0.15) is 0 Å². The number of hydrogen-bond acceptors (Lipinski definition) is 3. The molecule has 28 heavy (non-hydrogen) atoms. The van der Waals surface area contributed by atoms with E-state index in [9.17, 15) is 8.78 Å². The number of fused-ring (bicyclic) bond motifs is 1. The first-order valence-electron chi connectivity index (χ1n) is 9.72. The predicted octanol–water partition coefficient (Wildman–Crippen LogP) is 4.90. The molecule has 0 bridgehead atoms. The van der Waals surface area contributed by atoms with Gasteiger partial charge in [-0.25, -0.2) is 8.78 Å². The Morgan fingerprint density at radius 2 is 1.89 bits per heavy atom. The summed E-state index contributed by atoms with van der Waals surface area (Å²) in [5.41, 5.74) is 6.06. The quantitative estimate of drug-likeness (QED) is 0.663. The van der Waals surface area contributed by atoms with E-state index in [1.807, 2.05) is 19.1 Å². The highest BCUT2D eigenvalue weighted by Crippen LogP contribution is 2.25. The van der Waals surface area contributed by atoms with Gasteiger partial charge in [-0.05, 0) is 47.7 Å². The fourth-order valence-corrected chi connectivity index (χ4v) is 3.35. The largest absolute Gasteiger partial charge is 0.493 e. The molecule has 0 aromatic heterocycles. The molecule has 2 aromatic rings. The van der Waals surface area contributed by atoms with Crippen molar-refractivity contribution in [1.82, 2.24) is 10.2 Å². The summed E-state index contributed by atoms with van der Waals surface area (Å²) in [5, 5.41) is 3.24. The molecular formula is C23H28F2N2O. The van der Waals surface area contributed by atoms with Crippen LogP contribution in [0.3, 0.4) is 0 Å². The minimum absolute atomic E-state index is 0.0560. The van der Waals surface area contributed by atoms with Crippen LogP contribution in [0.4, 0.5) is 8.78 Å². The molecule has 3 rings (SSSR count). The molecule has 0 amide bonds. The van der Waals surface area contributed by atoms with Crippen molar-refractivity contribution in [1.29, 1.82) is 0 Å². The normalized spacial score (nSPS) is 14.0. The second-order valence-electron chi connectivity index (χ2n) is 7.37. The van der Waals surface area contributed by atoms with Crippen LogP contribution in [0, 0.1) is 0 Å². The molecule has 0 fully saturated rings. The highest BCUT2D eigenvalue weighted by Gasteiger charge is 2.17. The summed E-state index contributed by atoms with van der Waals surface area (Å²) < 4.78 is 29.9. The predicted molar refractivity (Wildman–Crippen MR) is 108 cm³/mol. The number of benzene rings is 2. The summed E-state index contributed by atoms with van der Waals surface area (Å²) in [6, 6.07) is 14.6. The van der Waals surface area contributed by atoms with Crippen molar-refractivity contribution in [2.45, 2.75) is 45.8 Å². The maximum absolute atomic E-state index is 12.2. The van der Waals surface area contributed by atoms with Crippen LogP contribution in [0.2, 0.25) is 0 Å². The smallest absolute Gasteiger partial charge is 0.241 e. The molecule has 0 unspecified atom stereocenters. The van der Waals surface area contributed by atoms with Crippen molar-refractivity contribution >= 4 is 0 Å². The van der Waals surface area contributed by atoms with Crippen LogP contribution in [-0.4, -0.2) is 24.5 Å². The van der Waals surface area contributed by atoms with Crippen molar-refractivity contribution in [3.63, 3.8) is 0 Å². The molecule has 3 nitrogen and oxygen atoms in total. The van der Waals surface area contributed by atoms with Gasteiger partial charge in [0.05, 0.1) is 6.61 Å². The van der Waals surface area contributed by atoms with Crippen LogP contribution in [-0.2, 0) is 26.1 Å². The number of hydrogen-bond donors (Lipinski definition) is 1. The van der Waals surface area contributed by atoms with E-state index in [1.54, 1.807) is 0 Å². The molecule has 1 heterocycles.